The van der Waals surface area contributed by atoms with Gasteiger partial charge in [-0.2, -0.15) is 0 Å². The van der Waals surface area contributed by atoms with Gasteiger partial charge in [0.05, 0.1) is 0 Å². The van der Waals surface area contributed by atoms with E-state index in [2.05, 4.69) is 27.1 Å². The van der Waals surface area contributed by atoms with E-state index in [0.717, 1.165) is 57.0 Å². The smallest absolute Gasteiger partial charge is 0.252 e. The van der Waals surface area contributed by atoms with Crippen LogP contribution < -0.4 is 10.9 Å². The van der Waals surface area contributed by atoms with Crippen molar-refractivity contribution in [2.75, 3.05) is 25.0 Å². The number of hydrogen-bond donors (Lipinski definition) is 2. The minimum absolute atomic E-state index is 0.0367. The summed E-state index contributed by atoms with van der Waals surface area (Å²) in [6.07, 6.45) is 4.56. The van der Waals surface area contributed by atoms with Crippen molar-refractivity contribution in [3.05, 3.63) is 22.2 Å². The highest BCUT2D eigenvalue weighted by Gasteiger charge is 2.27. The highest BCUT2D eigenvalue weighted by Crippen LogP contribution is 2.37. The molecule has 19 heavy (non-hydrogen) atoms. The lowest BCUT2D eigenvalue weighted by atomic mass is 10.1. The van der Waals surface area contributed by atoms with E-state index < -0.39 is 0 Å². The summed E-state index contributed by atoms with van der Waals surface area (Å²) in [6.45, 7) is 5.59. The van der Waals surface area contributed by atoms with Crippen molar-refractivity contribution in [2.24, 2.45) is 0 Å². The highest BCUT2D eigenvalue weighted by molar-refractivity contribution is 5.35. The molecule has 1 aliphatic heterocycles. The monoisotopic (exact) mass is 262 g/mol. The summed E-state index contributed by atoms with van der Waals surface area (Å²) in [7, 11) is 0. The summed E-state index contributed by atoms with van der Waals surface area (Å²) in [4.78, 5) is 21.5. The Hall–Kier alpha value is -1.36. The molecular weight excluding hydrogens is 240 g/mol. The molecule has 1 saturated heterocycles. The first-order chi connectivity index (χ1) is 9.24. The van der Waals surface area contributed by atoms with Gasteiger partial charge in [0.25, 0.3) is 5.56 Å². The Morgan fingerprint density at radius 2 is 2.11 bits per heavy atom. The van der Waals surface area contributed by atoms with E-state index in [-0.39, 0.29) is 5.56 Å². The molecule has 0 radical (unpaired) electrons. The standard InChI is InChI=1S/C14H22N4O/c1-2-18-7-5-11(6-8-18)15-12-9-13(19)17-14(16-12)10-3-4-10/h9-11H,2-8H2,1H3,(H2,15,16,17,19). The first-order valence-electron chi connectivity index (χ1n) is 7.34. The van der Waals surface area contributed by atoms with Crippen LogP contribution in [0, 0.1) is 0 Å². The number of nitrogens with zero attached hydrogens (tertiary/aromatic N) is 2. The molecule has 0 bridgehead atoms. The van der Waals surface area contributed by atoms with Gasteiger partial charge in [-0.3, -0.25) is 4.79 Å². The molecule has 2 N–H and O–H groups in total. The van der Waals surface area contributed by atoms with E-state index in [1.807, 2.05) is 0 Å². The van der Waals surface area contributed by atoms with Crippen molar-refractivity contribution in [3.8, 4) is 0 Å². The largest absolute Gasteiger partial charge is 0.367 e. The Morgan fingerprint density at radius 3 is 2.74 bits per heavy atom. The molecule has 1 aromatic rings. The lowest BCUT2D eigenvalue weighted by Crippen LogP contribution is -2.39. The fourth-order valence-electron chi connectivity index (χ4n) is 2.70. The Balaban J connectivity index is 1.65. The molecular formula is C14H22N4O. The average Bonchev–Trinajstić information content (AvgIpc) is 3.23. The van der Waals surface area contributed by atoms with Gasteiger partial charge in [0.15, 0.2) is 0 Å². The van der Waals surface area contributed by atoms with Crippen LogP contribution in [0.5, 0.6) is 0 Å². The summed E-state index contributed by atoms with van der Waals surface area (Å²) >= 11 is 0. The summed E-state index contributed by atoms with van der Waals surface area (Å²) < 4.78 is 0. The van der Waals surface area contributed by atoms with Crippen LogP contribution in [0.4, 0.5) is 5.82 Å². The van der Waals surface area contributed by atoms with Crippen molar-refractivity contribution in [2.45, 2.75) is 44.6 Å². The fraction of sp³-hybridized carbons (Fsp3) is 0.714. The highest BCUT2D eigenvalue weighted by atomic mass is 16.1. The van der Waals surface area contributed by atoms with Crippen molar-refractivity contribution in [3.63, 3.8) is 0 Å². The number of anilines is 1. The zero-order valence-corrected chi connectivity index (χ0v) is 11.5. The van der Waals surface area contributed by atoms with Gasteiger partial charge in [-0.25, -0.2) is 4.98 Å². The Bertz CT molecular complexity index is 486. The van der Waals surface area contributed by atoms with Crippen LogP contribution in [-0.2, 0) is 0 Å². The molecule has 2 aliphatic rings. The molecule has 0 atom stereocenters. The van der Waals surface area contributed by atoms with Crippen molar-refractivity contribution in [1.82, 2.24) is 14.9 Å². The molecule has 5 heteroatoms. The second-order valence-corrected chi connectivity index (χ2v) is 5.64. The topological polar surface area (TPSA) is 61.0 Å². The van der Waals surface area contributed by atoms with E-state index >= 15 is 0 Å². The molecule has 1 aliphatic carbocycles. The second kappa shape index (κ2) is 5.33. The molecule has 0 spiro atoms. The van der Waals surface area contributed by atoms with Crippen LogP contribution in [0.3, 0.4) is 0 Å². The molecule has 0 unspecified atom stereocenters. The minimum Gasteiger partial charge on any atom is -0.367 e. The number of nitrogens with one attached hydrogen (secondary N) is 2. The molecule has 2 heterocycles. The second-order valence-electron chi connectivity index (χ2n) is 5.64. The lowest BCUT2D eigenvalue weighted by molar-refractivity contribution is 0.229. The zero-order valence-electron chi connectivity index (χ0n) is 11.5. The summed E-state index contributed by atoms with van der Waals surface area (Å²) in [5.74, 6) is 2.10. The number of aromatic amines is 1. The molecule has 104 valence electrons. The quantitative estimate of drug-likeness (QED) is 0.864. The third-order valence-electron chi connectivity index (χ3n) is 4.11. The third kappa shape index (κ3) is 3.15. The van der Waals surface area contributed by atoms with E-state index in [1.54, 1.807) is 6.07 Å². The number of hydrogen-bond acceptors (Lipinski definition) is 4. The average molecular weight is 262 g/mol. The molecule has 1 saturated carbocycles. The summed E-state index contributed by atoms with van der Waals surface area (Å²) in [5.41, 5.74) is -0.0367. The van der Waals surface area contributed by atoms with Crippen LogP contribution >= 0.6 is 0 Å². The maximum absolute atomic E-state index is 11.6. The van der Waals surface area contributed by atoms with Gasteiger partial charge in [0.1, 0.15) is 11.6 Å². The number of rotatable bonds is 4. The molecule has 2 fully saturated rings. The van der Waals surface area contributed by atoms with Crippen LogP contribution in [0.25, 0.3) is 0 Å². The van der Waals surface area contributed by atoms with Crippen molar-refractivity contribution >= 4 is 5.82 Å². The van der Waals surface area contributed by atoms with Gasteiger partial charge in [-0.1, -0.05) is 6.92 Å². The van der Waals surface area contributed by atoms with Crippen molar-refractivity contribution < 1.29 is 0 Å². The van der Waals surface area contributed by atoms with E-state index in [4.69, 9.17) is 0 Å². The lowest BCUT2D eigenvalue weighted by Gasteiger charge is -2.31. The van der Waals surface area contributed by atoms with Gasteiger partial charge in [-0.05, 0) is 32.2 Å². The van der Waals surface area contributed by atoms with Crippen LogP contribution in [-0.4, -0.2) is 40.5 Å². The molecule has 1 aromatic heterocycles. The molecule has 3 rings (SSSR count). The normalized spacial score (nSPS) is 21.5. The van der Waals surface area contributed by atoms with Crippen LogP contribution in [0.2, 0.25) is 0 Å². The Kier molecular flexibility index (Phi) is 3.55. The molecule has 0 amide bonds. The van der Waals surface area contributed by atoms with Gasteiger partial charge in [-0.15, -0.1) is 0 Å². The predicted molar refractivity (Wildman–Crippen MR) is 75.6 cm³/mol. The fourth-order valence-corrected chi connectivity index (χ4v) is 2.70. The number of piperidine rings is 1. The first kappa shape index (κ1) is 12.7. The number of likely N-dealkylation sites (tertiary alicyclic amines) is 1. The molecule has 0 aromatic carbocycles. The van der Waals surface area contributed by atoms with Gasteiger partial charge < -0.3 is 15.2 Å². The summed E-state index contributed by atoms with van der Waals surface area (Å²) in [5, 5.41) is 3.43. The predicted octanol–water partition coefficient (Wildman–Crippen LogP) is 1.54. The minimum atomic E-state index is -0.0367. The zero-order chi connectivity index (χ0) is 13.2. The maximum atomic E-state index is 11.6. The van der Waals surface area contributed by atoms with Gasteiger partial charge in [0.2, 0.25) is 0 Å². The van der Waals surface area contributed by atoms with E-state index in [1.165, 1.54) is 0 Å². The van der Waals surface area contributed by atoms with Gasteiger partial charge >= 0.3 is 0 Å². The number of H-pyrrole nitrogens is 1. The molecule has 5 nitrogen and oxygen atoms in total. The number of aromatic nitrogens is 2. The van der Waals surface area contributed by atoms with E-state index in [9.17, 15) is 4.79 Å². The Morgan fingerprint density at radius 1 is 1.37 bits per heavy atom. The van der Waals surface area contributed by atoms with Crippen LogP contribution in [0.1, 0.15) is 44.3 Å². The third-order valence-corrected chi connectivity index (χ3v) is 4.11. The first-order valence-corrected chi connectivity index (χ1v) is 7.34. The van der Waals surface area contributed by atoms with E-state index in [0.29, 0.717) is 12.0 Å². The van der Waals surface area contributed by atoms with Crippen molar-refractivity contribution in [1.29, 1.82) is 0 Å². The SMILES string of the molecule is CCN1CCC(Nc2cc(=O)[nH]c(C3CC3)n2)CC1. The van der Waals surface area contributed by atoms with Crippen LogP contribution in [0.15, 0.2) is 10.9 Å². The maximum Gasteiger partial charge on any atom is 0.252 e. The summed E-state index contributed by atoms with van der Waals surface area (Å²) in [6, 6.07) is 2.03. The van der Waals surface area contributed by atoms with Gasteiger partial charge in [0, 0.05) is 31.1 Å². The Labute approximate surface area is 113 Å².